The Hall–Kier alpha value is -1.38. The summed E-state index contributed by atoms with van der Waals surface area (Å²) in [6.07, 6.45) is 3.18. The molecule has 1 aromatic carbocycles. The Balaban J connectivity index is 0.00000338. The molecule has 0 aliphatic carbocycles. The fourth-order valence-electron chi connectivity index (χ4n) is 3.12. The van der Waals surface area contributed by atoms with E-state index in [-0.39, 0.29) is 35.7 Å². The van der Waals surface area contributed by atoms with Gasteiger partial charge in [-0.15, -0.1) is 24.0 Å². The van der Waals surface area contributed by atoms with E-state index in [1.807, 2.05) is 19.1 Å². The molecule has 5 nitrogen and oxygen atoms in total. The van der Waals surface area contributed by atoms with Crippen LogP contribution in [0.25, 0.3) is 0 Å². The maximum Gasteiger partial charge on any atom is 0.220 e. The Kier molecular flexibility index (Phi) is 10.5. The number of likely N-dealkylation sites (tertiary alicyclic amines) is 1. The number of halogens is 2. The zero-order valence-corrected chi connectivity index (χ0v) is 18.0. The number of nitrogens with one attached hydrogen (secondary N) is 2. The van der Waals surface area contributed by atoms with Crippen molar-refractivity contribution in [3.8, 4) is 0 Å². The summed E-state index contributed by atoms with van der Waals surface area (Å²) in [6, 6.07) is 6.85. The zero-order chi connectivity index (χ0) is 18.1. The van der Waals surface area contributed by atoms with Crippen molar-refractivity contribution < 1.29 is 9.18 Å². The van der Waals surface area contributed by atoms with Crippen molar-refractivity contribution in [3.63, 3.8) is 0 Å². The van der Waals surface area contributed by atoms with Crippen LogP contribution in [0.3, 0.4) is 0 Å². The van der Waals surface area contributed by atoms with Gasteiger partial charge < -0.3 is 15.5 Å². The normalized spacial score (nSPS) is 15.3. The Morgan fingerprint density at radius 1 is 1.31 bits per heavy atom. The highest BCUT2D eigenvalue weighted by Crippen LogP contribution is 2.20. The molecule has 1 saturated heterocycles. The minimum Gasteiger partial charge on any atom is -0.359 e. The van der Waals surface area contributed by atoms with Crippen LogP contribution in [0.1, 0.15) is 31.7 Å². The standard InChI is InChI=1S/C19H29FN4O.HI/c1-3-22-19(23-11-8-16-6-4-5-7-17(16)20)24-12-9-15(10-13-24)14-18(25)21-2;/h4-7,15H,3,8-14H2,1-2H3,(H,21,25)(H,22,23);1H. The van der Waals surface area contributed by atoms with Gasteiger partial charge in [0.2, 0.25) is 5.91 Å². The van der Waals surface area contributed by atoms with Crippen molar-refractivity contribution >= 4 is 35.8 Å². The van der Waals surface area contributed by atoms with Crippen molar-refractivity contribution in [2.45, 2.75) is 32.6 Å². The number of guanidine groups is 1. The summed E-state index contributed by atoms with van der Waals surface area (Å²) in [7, 11) is 1.68. The van der Waals surface area contributed by atoms with Gasteiger partial charge in [0.25, 0.3) is 0 Å². The van der Waals surface area contributed by atoms with Crippen LogP contribution < -0.4 is 10.6 Å². The van der Waals surface area contributed by atoms with Crippen LogP contribution in [0.2, 0.25) is 0 Å². The molecule has 1 aliphatic heterocycles. The number of amides is 1. The minimum atomic E-state index is -0.169. The molecule has 0 atom stereocenters. The molecular formula is C19H30FIN4O. The molecule has 2 N–H and O–H groups in total. The number of piperidine rings is 1. The highest BCUT2D eigenvalue weighted by molar-refractivity contribution is 14.0. The van der Waals surface area contributed by atoms with E-state index in [4.69, 9.17) is 0 Å². The molecule has 0 bridgehead atoms. The lowest BCUT2D eigenvalue weighted by Crippen LogP contribution is -2.46. The first-order valence-electron chi connectivity index (χ1n) is 9.11. The van der Waals surface area contributed by atoms with Gasteiger partial charge in [-0.25, -0.2) is 4.39 Å². The van der Waals surface area contributed by atoms with E-state index < -0.39 is 0 Å². The van der Waals surface area contributed by atoms with E-state index in [0.29, 0.717) is 30.9 Å². The molecule has 1 aliphatic rings. The molecule has 1 amide bonds. The van der Waals surface area contributed by atoms with Gasteiger partial charge in [-0.05, 0) is 43.7 Å². The maximum absolute atomic E-state index is 13.7. The Morgan fingerprint density at radius 2 is 2.00 bits per heavy atom. The smallest absolute Gasteiger partial charge is 0.220 e. The molecule has 2 rings (SSSR count). The first-order chi connectivity index (χ1) is 12.1. The number of nitrogens with zero attached hydrogens (tertiary/aromatic N) is 2. The third kappa shape index (κ3) is 7.09. The Labute approximate surface area is 172 Å². The second-order valence-corrected chi connectivity index (χ2v) is 6.38. The number of aliphatic imine (C=N–C) groups is 1. The molecule has 0 unspecified atom stereocenters. The van der Waals surface area contributed by atoms with Crippen molar-refractivity contribution in [1.29, 1.82) is 0 Å². The molecule has 146 valence electrons. The molecular weight excluding hydrogens is 446 g/mol. The Bertz CT molecular complexity index is 589. The van der Waals surface area contributed by atoms with Gasteiger partial charge >= 0.3 is 0 Å². The van der Waals surface area contributed by atoms with Gasteiger partial charge in [-0.1, -0.05) is 18.2 Å². The predicted octanol–water partition coefficient (Wildman–Crippen LogP) is 2.80. The van der Waals surface area contributed by atoms with E-state index in [1.165, 1.54) is 6.07 Å². The largest absolute Gasteiger partial charge is 0.359 e. The minimum absolute atomic E-state index is 0. The number of hydrogen-bond donors (Lipinski definition) is 2. The summed E-state index contributed by atoms with van der Waals surface area (Å²) in [4.78, 5) is 18.4. The zero-order valence-electron chi connectivity index (χ0n) is 15.6. The van der Waals surface area contributed by atoms with Crippen molar-refractivity contribution in [1.82, 2.24) is 15.5 Å². The average molecular weight is 476 g/mol. The summed E-state index contributed by atoms with van der Waals surface area (Å²) in [6.45, 7) is 5.20. The molecule has 0 radical (unpaired) electrons. The topological polar surface area (TPSA) is 56.7 Å². The summed E-state index contributed by atoms with van der Waals surface area (Å²) in [5.74, 6) is 1.27. The fraction of sp³-hybridized carbons (Fsp3) is 0.579. The first kappa shape index (κ1) is 22.7. The van der Waals surface area contributed by atoms with Crippen molar-refractivity contribution in [2.24, 2.45) is 10.9 Å². The fourth-order valence-corrected chi connectivity index (χ4v) is 3.12. The van der Waals surface area contributed by atoms with Crippen molar-refractivity contribution in [3.05, 3.63) is 35.6 Å². The summed E-state index contributed by atoms with van der Waals surface area (Å²) >= 11 is 0. The van der Waals surface area contributed by atoms with Crippen LogP contribution in [-0.2, 0) is 11.2 Å². The van der Waals surface area contributed by atoms with Crippen LogP contribution in [0.4, 0.5) is 4.39 Å². The molecule has 0 aromatic heterocycles. The third-order valence-electron chi connectivity index (χ3n) is 4.60. The van der Waals surface area contributed by atoms with Crippen LogP contribution in [-0.4, -0.2) is 50.0 Å². The van der Waals surface area contributed by atoms with Gasteiger partial charge in [0.05, 0.1) is 0 Å². The third-order valence-corrected chi connectivity index (χ3v) is 4.60. The van der Waals surface area contributed by atoms with Gasteiger partial charge in [0.15, 0.2) is 5.96 Å². The van der Waals surface area contributed by atoms with Gasteiger partial charge in [0.1, 0.15) is 5.82 Å². The lowest BCUT2D eigenvalue weighted by atomic mass is 9.93. The number of hydrogen-bond acceptors (Lipinski definition) is 2. The van der Waals surface area contributed by atoms with E-state index in [0.717, 1.165) is 38.4 Å². The quantitative estimate of drug-likeness (QED) is 0.377. The molecule has 1 aromatic rings. The van der Waals surface area contributed by atoms with Gasteiger partial charge in [-0.3, -0.25) is 9.79 Å². The highest BCUT2D eigenvalue weighted by Gasteiger charge is 2.22. The molecule has 1 fully saturated rings. The highest BCUT2D eigenvalue weighted by atomic mass is 127. The number of carbonyl (C=O) groups is 1. The summed E-state index contributed by atoms with van der Waals surface area (Å²) < 4.78 is 13.7. The maximum atomic E-state index is 13.7. The molecule has 0 saturated carbocycles. The van der Waals surface area contributed by atoms with Gasteiger partial charge in [0, 0.05) is 39.6 Å². The van der Waals surface area contributed by atoms with Crippen LogP contribution in [0.15, 0.2) is 29.3 Å². The second-order valence-electron chi connectivity index (χ2n) is 6.38. The van der Waals surface area contributed by atoms with E-state index in [1.54, 1.807) is 13.1 Å². The van der Waals surface area contributed by atoms with E-state index in [2.05, 4.69) is 20.5 Å². The number of carbonyl (C=O) groups excluding carboxylic acids is 1. The first-order valence-corrected chi connectivity index (χ1v) is 9.11. The predicted molar refractivity (Wildman–Crippen MR) is 114 cm³/mol. The molecule has 7 heteroatoms. The number of benzene rings is 1. The number of rotatable bonds is 6. The van der Waals surface area contributed by atoms with Crippen molar-refractivity contribution in [2.75, 3.05) is 33.2 Å². The monoisotopic (exact) mass is 476 g/mol. The molecule has 0 spiro atoms. The van der Waals surface area contributed by atoms with Crippen LogP contribution >= 0.6 is 24.0 Å². The molecule has 1 heterocycles. The lowest BCUT2D eigenvalue weighted by Gasteiger charge is -2.34. The second kappa shape index (κ2) is 12.1. The lowest BCUT2D eigenvalue weighted by molar-refractivity contribution is -0.121. The van der Waals surface area contributed by atoms with Crippen LogP contribution in [0.5, 0.6) is 0 Å². The summed E-state index contributed by atoms with van der Waals surface area (Å²) in [5, 5.41) is 6.02. The summed E-state index contributed by atoms with van der Waals surface area (Å²) in [5.41, 5.74) is 0.700. The Morgan fingerprint density at radius 3 is 2.62 bits per heavy atom. The average Bonchev–Trinajstić information content (AvgIpc) is 2.63. The van der Waals surface area contributed by atoms with E-state index >= 15 is 0 Å². The molecule has 26 heavy (non-hydrogen) atoms. The van der Waals surface area contributed by atoms with Gasteiger partial charge in [-0.2, -0.15) is 0 Å². The van der Waals surface area contributed by atoms with E-state index in [9.17, 15) is 9.18 Å². The van der Waals surface area contributed by atoms with Crippen LogP contribution in [0, 0.1) is 11.7 Å². The SMILES string of the molecule is CCNC(=NCCc1ccccc1F)N1CCC(CC(=O)NC)CC1.I.